The van der Waals surface area contributed by atoms with Gasteiger partial charge in [-0.15, -0.1) is 11.3 Å². The van der Waals surface area contributed by atoms with Crippen molar-refractivity contribution in [2.75, 3.05) is 18.4 Å². The van der Waals surface area contributed by atoms with E-state index < -0.39 is 0 Å². The number of hydrogen-bond donors (Lipinski definition) is 1. The molecular formula is C21H24N6O2S. The molecule has 4 heterocycles. The van der Waals surface area contributed by atoms with Gasteiger partial charge in [-0.25, -0.2) is 15.0 Å². The largest absolute Gasteiger partial charge is 0.356 e. The van der Waals surface area contributed by atoms with Gasteiger partial charge in [0.1, 0.15) is 4.88 Å². The Labute approximate surface area is 178 Å². The quantitative estimate of drug-likeness (QED) is 0.665. The van der Waals surface area contributed by atoms with Gasteiger partial charge in [-0.2, -0.15) is 0 Å². The molecule has 0 unspecified atom stereocenters. The number of nitrogens with zero attached hydrogens (tertiary/aromatic N) is 5. The molecule has 9 heteroatoms. The third kappa shape index (κ3) is 3.81. The van der Waals surface area contributed by atoms with Crippen molar-refractivity contribution < 1.29 is 9.32 Å². The second kappa shape index (κ2) is 7.79. The number of rotatable bonds is 5. The molecule has 5 rings (SSSR count). The Hall–Kier alpha value is -2.81. The Bertz CT molecular complexity index is 1070. The van der Waals surface area contributed by atoms with Gasteiger partial charge < -0.3 is 14.7 Å². The van der Waals surface area contributed by atoms with E-state index in [2.05, 4.69) is 20.4 Å². The van der Waals surface area contributed by atoms with E-state index in [0.717, 1.165) is 40.4 Å². The molecule has 2 fully saturated rings. The van der Waals surface area contributed by atoms with E-state index >= 15 is 0 Å². The fourth-order valence-corrected chi connectivity index (χ4v) is 4.64. The Morgan fingerprint density at radius 3 is 2.63 bits per heavy atom. The minimum absolute atomic E-state index is 0.0818. The zero-order chi connectivity index (χ0) is 20.7. The minimum Gasteiger partial charge on any atom is -0.356 e. The van der Waals surface area contributed by atoms with E-state index in [1.807, 2.05) is 31.0 Å². The molecule has 2 aliphatic rings. The van der Waals surface area contributed by atoms with E-state index in [-0.39, 0.29) is 11.8 Å². The van der Waals surface area contributed by atoms with Gasteiger partial charge >= 0.3 is 0 Å². The smallest absolute Gasteiger partial charge is 0.265 e. The first-order chi connectivity index (χ1) is 14.6. The van der Waals surface area contributed by atoms with Crippen molar-refractivity contribution in [3.63, 3.8) is 0 Å². The zero-order valence-corrected chi connectivity index (χ0v) is 17.9. The number of anilines is 1. The lowest BCUT2D eigenvalue weighted by atomic mass is 9.90. The predicted molar refractivity (Wildman–Crippen MR) is 114 cm³/mol. The van der Waals surface area contributed by atoms with Crippen LogP contribution in [-0.2, 0) is 0 Å². The van der Waals surface area contributed by atoms with Gasteiger partial charge in [0.2, 0.25) is 5.95 Å². The highest BCUT2D eigenvalue weighted by Gasteiger charge is 2.30. The number of aryl methyl sites for hydroxylation is 2. The summed E-state index contributed by atoms with van der Waals surface area (Å²) in [6.07, 6.45) is 5.87. The lowest BCUT2D eigenvalue weighted by molar-refractivity contribution is 0.0716. The number of piperidine rings is 1. The molecule has 1 N–H and O–H groups in total. The molecule has 3 aromatic rings. The molecule has 1 aliphatic carbocycles. The first kappa shape index (κ1) is 19.2. The first-order valence-electron chi connectivity index (χ1n) is 10.3. The highest BCUT2D eigenvalue weighted by atomic mass is 32.1. The molecule has 1 amide bonds. The van der Waals surface area contributed by atoms with Crippen molar-refractivity contribution >= 4 is 23.2 Å². The first-order valence-corrected chi connectivity index (χ1v) is 11.2. The molecule has 1 saturated carbocycles. The van der Waals surface area contributed by atoms with E-state index in [4.69, 9.17) is 9.51 Å². The Morgan fingerprint density at radius 1 is 1.20 bits per heavy atom. The Morgan fingerprint density at radius 2 is 2.00 bits per heavy atom. The molecule has 1 aliphatic heterocycles. The average molecular weight is 425 g/mol. The van der Waals surface area contributed by atoms with Gasteiger partial charge in [0.15, 0.2) is 5.76 Å². The van der Waals surface area contributed by atoms with Crippen LogP contribution in [0, 0.1) is 13.8 Å². The van der Waals surface area contributed by atoms with Crippen LogP contribution >= 0.6 is 11.3 Å². The van der Waals surface area contributed by atoms with Gasteiger partial charge in [0.25, 0.3) is 5.91 Å². The molecule has 0 bridgehead atoms. The van der Waals surface area contributed by atoms with Crippen LogP contribution in [0.25, 0.3) is 11.3 Å². The standard InChI is InChI=1S/C21H24N6O2S/c1-12-9-17(29-26-12)16-10-22-21(24-15-3-4-15)25-18(16)14-5-7-27(8-6-14)20(28)19-13(2)23-11-30-19/h9-11,14-15H,3-8H2,1-2H3,(H,22,24,25). The fourth-order valence-electron chi connectivity index (χ4n) is 3.87. The van der Waals surface area contributed by atoms with E-state index in [0.29, 0.717) is 30.8 Å². The highest BCUT2D eigenvalue weighted by Crippen LogP contribution is 2.36. The average Bonchev–Trinajstić information content (AvgIpc) is 3.30. The number of carbonyl (C=O) groups is 1. The summed E-state index contributed by atoms with van der Waals surface area (Å²) in [6.45, 7) is 5.19. The minimum atomic E-state index is 0.0818. The highest BCUT2D eigenvalue weighted by molar-refractivity contribution is 7.11. The second-order valence-corrected chi connectivity index (χ2v) is 8.93. The topological polar surface area (TPSA) is 97.0 Å². The molecular weight excluding hydrogens is 400 g/mol. The van der Waals surface area contributed by atoms with Gasteiger partial charge in [-0.3, -0.25) is 4.79 Å². The molecule has 0 aromatic carbocycles. The number of aromatic nitrogens is 4. The van der Waals surface area contributed by atoms with Crippen LogP contribution < -0.4 is 5.32 Å². The van der Waals surface area contributed by atoms with Crippen LogP contribution in [0.15, 0.2) is 22.3 Å². The summed E-state index contributed by atoms with van der Waals surface area (Å²) in [5.41, 5.74) is 5.24. The number of amides is 1. The van der Waals surface area contributed by atoms with Crippen LogP contribution in [-0.4, -0.2) is 50.0 Å². The summed E-state index contributed by atoms with van der Waals surface area (Å²) in [4.78, 5) is 29.1. The Kier molecular flexibility index (Phi) is 4.98. The molecule has 30 heavy (non-hydrogen) atoms. The third-order valence-electron chi connectivity index (χ3n) is 5.73. The molecule has 156 valence electrons. The number of hydrogen-bond acceptors (Lipinski definition) is 8. The fraction of sp³-hybridized carbons (Fsp3) is 0.476. The number of nitrogens with one attached hydrogen (secondary N) is 1. The lowest BCUT2D eigenvalue weighted by Gasteiger charge is -2.32. The van der Waals surface area contributed by atoms with Crippen molar-refractivity contribution in [3.8, 4) is 11.3 Å². The zero-order valence-electron chi connectivity index (χ0n) is 17.1. The van der Waals surface area contributed by atoms with Crippen molar-refractivity contribution in [3.05, 3.63) is 39.7 Å². The molecule has 0 atom stereocenters. The molecule has 8 nitrogen and oxygen atoms in total. The van der Waals surface area contributed by atoms with Crippen LogP contribution in [0.5, 0.6) is 0 Å². The number of likely N-dealkylation sites (tertiary alicyclic amines) is 1. The molecule has 0 spiro atoms. The maximum Gasteiger partial charge on any atom is 0.265 e. The van der Waals surface area contributed by atoms with E-state index in [1.165, 1.54) is 24.2 Å². The maximum atomic E-state index is 12.8. The second-order valence-electron chi connectivity index (χ2n) is 8.08. The number of thiazole rings is 1. The molecule has 3 aromatic heterocycles. The summed E-state index contributed by atoms with van der Waals surface area (Å²) in [6, 6.07) is 2.40. The molecule has 0 radical (unpaired) electrons. The van der Waals surface area contributed by atoms with Crippen LogP contribution in [0.1, 0.15) is 58.4 Å². The lowest BCUT2D eigenvalue weighted by Crippen LogP contribution is -2.38. The van der Waals surface area contributed by atoms with Gasteiger partial charge in [0.05, 0.1) is 28.2 Å². The van der Waals surface area contributed by atoms with Crippen LogP contribution in [0.3, 0.4) is 0 Å². The van der Waals surface area contributed by atoms with E-state index in [1.54, 1.807) is 5.51 Å². The summed E-state index contributed by atoms with van der Waals surface area (Å²) in [7, 11) is 0. The van der Waals surface area contributed by atoms with Gasteiger partial charge in [0, 0.05) is 37.3 Å². The summed E-state index contributed by atoms with van der Waals surface area (Å²) >= 11 is 1.41. The van der Waals surface area contributed by atoms with Gasteiger partial charge in [-0.05, 0) is 39.5 Å². The van der Waals surface area contributed by atoms with Crippen molar-refractivity contribution in [1.82, 2.24) is 25.0 Å². The van der Waals surface area contributed by atoms with Gasteiger partial charge in [-0.1, -0.05) is 5.16 Å². The third-order valence-corrected chi connectivity index (χ3v) is 6.65. The SMILES string of the molecule is Cc1cc(-c2cnc(NC3CC3)nc2C2CCN(C(=O)c3scnc3C)CC2)on1. The van der Waals surface area contributed by atoms with Crippen LogP contribution in [0.2, 0.25) is 0 Å². The monoisotopic (exact) mass is 424 g/mol. The van der Waals surface area contributed by atoms with Crippen molar-refractivity contribution in [1.29, 1.82) is 0 Å². The van der Waals surface area contributed by atoms with Crippen LogP contribution in [0.4, 0.5) is 5.95 Å². The normalized spacial score (nSPS) is 17.3. The number of carbonyl (C=O) groups excluding carboxylic acids is 1. The summed E-state index contributed by atoms with van der Waals surface area (Å²) in [5, 5.41) is 7.42. The van der Waals surface area contributed by atoms with E-state index in [9.17, 15) is 4.79 Å². The Balaban J connectivity index is 1.37. The predicted octanol–water partition coefficient (Wildman–Crippen LogP) is 3.80. The maximum absolute atomic E-state index is 12.8. The molecule has 1 saturated heterocycles. The van der Waals surface area contributed by atoms with Crippen molar-refractivity contribution in [2.24, 2.45) is 0 Å². The summed E-state index contributed by atoms with van der Waals surface area (Å²) < 4.78 is 5.52. The van der Waals surface area contributed by atoms with Crippen molar-refractivity contribution in [2.45, 2.75) is 51.5 Å². The summed E-state index contributed by atoms with van der Waals surface area (Å²) in [5.74, 6) is 1.68.